The molecule has 0 bridgehead atoms. The van der Waals surface area contributed by atoms with E-state index in [1.165, 1.54) is 42.2 Å². The summed E-state index contributed by atoms with van der Waals surface area (Å²) in [6.45, 7) is 12.8. The zero-order valence-electron chi connectivity index (χ0n) is 21.9. The zero-order chi connectivity index (χ0) is 25.2. The van der Waals surface area contributed by atoms with E-state index in [0.717, 1.165) is 46.2 Å². The Labute approximate surface area is 214 Å². The molecule has 0 aliphatic heterocycles. The molecule has 1 aliphatic rings. The van der Waals surface area contributed by atoms with Gasteiger partial charge in [0, 0.05) is 17.3 Å². The summed E-state index contributed by atoms with van der Waals surface area (Å²) in [5.41, 5.74) is 6.79. The molecule has 1 N–H and O–H groups in total. The molecule has 0 radical (unpaired) electrons. The second kappa shape index (κ2) is 10.6. The Kier molecular flexibility index (Phi) is 7.70. The van der Waals surface area contributed by atoms with Crippen LogP contribution in [0.2, 0.25) is 0 Å². The first-order valence-electron chi connectivity index (χ1n) is 12.7. The van der Waals surface area contributed by atoms with Crippen LogP contribution in [0.15, 0.2) is 41.6 Å². The van der Waals surface area contributed by atoms with E-state index in [0.29, 0.717) is 11.8 Å². The second-order valence-corrected chi connectivity index (χ2v) is 11.8. The molecule has 1 fully saturated rings. The van der Waals surface area contributed by atoms with Gasteiger partial charge in [-0.2, -0.15) is 0 Å². The van der Waals surface area contributed by atoms with Gasteiger partial charge in [-0.1, -0.05) is 93.8 Å². The standard InChI is InChI=1S/C29H38N4OS/c1-19-16-20(2)26(21(3)17-19)30-25(34)18-35-28-32-31-27(33(28)24-10-8-7-9-11-24)22-12-14-23(15-13-22)29(4,5)6/h12-17,24H,7-11,18H2,1-6H3,(H,30,34). The van der Waals surface area contributed by atoms with Crippen molar-refractivity contribution in [2.45, 2.75) is 90.3 Å². The van der Waals surface area contributed by atoms with E-state index < -0.39 is 0 Å². The lowest BCUT2D eigenvalue weighted by Gasteiger charge is -2.26. The predicted molar refractivity (Wildman–Crippen MR) is 146 cm³/mol. The molecule has 0 unspecified atom stereocenters. The normalized spacial score (nSPS) is 14.8. The Morgan fingerprint density at radius 1 is 1.00 bits per heavy atom. The van der Waals surface area contributed by atoms with Crippen molar-refractivity contribution in [1.29, 1.82) is 0 Å². The topological polar surface area (TPSA) is 59.8 Å². The zero-order valence-corrected chi connectivity index (χ0v) is 22.8. The molecule has 1 aliphatic carbocycles. The van der Waals surface area contributed by atoms with Crippen molar-refractivity contribution < 1.29 is 4.79 Å². The molecular weight excluding hydrogens is 452 g/mol. The minimum Gasteiger partial charge on any atom is -0.325 e. The highest BCUT2D eigenvalue weighted by Gasteiger charge is 2.25. The van der Waals surface area contributed by atoms with Crippen LogP contribution >= 0.6 is 11.8 Å². The van der Waals surface area contributed by atoms with Gasteiger partial charge in [-0.05, 0) is 55.7 Å². The van der Waals surface area contributed by atoms with Gasteiger partial charge >= 0.3 is 0 Å². The summed E-state index contributed by atoms with van der Waals surface area (Å²) >= 11 is 1.48. The minimum atomic E-state index is -0.0145. The number of thioether (sulfide) groups is 1. The van der Waals surface area contributed by atoms with Crippen molar-refractivity contribution in [2.24, 2.45) is 0 Å². The lowest BCUT2D eigenvalue weighted by Crippen LogP contribution is -2.18. The number of hydrogen-bond acceptors (Lipinski definition) is 4. The molecule has 35 heavy (non-hydrogen) atoms. The number of hydrogen-bond donors (Lipinski definition) is 1. The van der Waals surface area contributed by atoms with Gasteiger partial charge in [-0.15, -0.1) is 10.2 Å². The maximum Gasteiger partial charge on any atom is 0.234 e. The van der Waals surface area contributed by atoms with Gasteiger partial charge in [0.1, 0.15) is 0 Å². The van der Waals surface area contributed by atoms with Crippen LogP contribution in [-0.2, 0) is 10.2 Å². The molecule has 1 heterocycles. The quantitative estimate of drug-likeness (QED) is 0.366. The van der Waals surface area contributed by atoms with Gasteiger partial charge in [0.25, 0.3) is 0 Å². The third-order valence-corrected chi connectivity index (χ3v) is 7.83. The first-order chi connectivity index (χ1) is 16.6. The van der Waals surface area contributed by atoms with Gasteiger partial charge < -0.3 is 5.32 Å². The van der Waals surface area contributed by atoms with E-state index in [1.54, 1.807) is 0 Å². The lowest BCUT2D eigenvalue weighted by atomic mass is 9.86. The second-order valence-electron chi connectivity index (χ2n) is 10.9. The third-order valence-electron chi connectivity index (χ3n) is 6.89. The molecule has 3 aromatic rings. The van der Waals surface area contributed by atoms with Crippen LogP contribution in [0.1, 0.15) is 81.2 Å². The largest absolute Gasteiger partial charge is 0.325 e. The fourth-order valence-corrected chi connectivity index (χ4v) is 5.85. The number of carbonyl (C=O) groups excluding carboxylic acids is 1. The fourth-order valence-electron chi connectivity index (χ4n) is 5.04. The molecule has 5 nitrogen and oxygen atoms in total. The molecule has 1 aromatic heterocycles. The van der Waals surface area contributed by atoms with Gasteiger partial charge in [0.05, 0.1) is 5.75 Å². The highest BCUT2D eigenvalue weighted by atomic mass is 32.2. The summed E-state index contributed by atoms with van der Waals surface area (Å²) in [7, 11) is 0. The predicted octanol–water partition coefficient (Wildman–Crippen LogP) is 7.40. The monoisotopic (exact) mass is 490 g/mol. The van der Waals surface area contributed by atoms with Crippen molar-refractivity contribution in [3.8, 4) is 11.4 Å². The fraction of sp³-hybridized carbons (Fsp3) is 0.483. The maximum atomic E-state index is 12.9. The molecule has 2 aromatic carbocycles. The Hall–Kier alpha value is -2.60. The Morgan fingerprint density at radius 2 is 1.63 bits per heavy atom. The van der Waals surface area contributed by atoms with Crippen LogP contribution in [0, 0.1) is 20.8 Å². The number of carbonyl (C=O) groups is 1. The van der Waals surface area contributed by atoms with Crippen LogP contribution in [0.5, 0.6) is 0 Å². The highest BCUT2D eigenvalue weighted by molar-refractivity contribution is 7.99. The van der Waals surface area contributed by atoms with Crippen molar-refractivity contribution in [2.75, 3.05) is 11.1 Å². The first-order valence-corrected chi connectivity index (χ1v) is 13.7. The van der Waals surface area contributed by atoms with E-state index in [1.807, 2.05) is 13.8 Å². The highest BCUT2D eigenvalue weighted by Crippen LogP contribution is 2.36. The van der Waals surface area contributed by atoms with Gasteiger partial charge in [0.15, 0.2) is 11.0 Å². The SMILES string of the molecule is Cc1cc(C)c(NC(=O)CSc2nnc(-c3ccc(C(C)(C)C)cc3)n2C2CCCCC2)c(C)c1. The number of nitrogens with one attached hydrogen (secondary N) is 1. The molecular formula is C29H38N4OS. The van der Waals surface area contributed by atoms with Crippen LogP contribution in [-0.4, -0.2) is 26.4 Å². The van der Waals surface area contributed by atoms with Crippen molar-refractivity contribution in [3.63, 3.8) is 0 Å². The number of nitrogens with zero attached hydrogens (tertiary/aromatic N) is 3. The summed E-state index contributed by atoms with van der Waals surface area (Å²) in [4.78, 5) is 12.9. The summed E-state index contributed by atoms with van der Waals surface area (Å²) in [5, 5.41) is 13.1. The van der Waals surface area contributed by atoms with Crippen LogP contribution < -0.4 is 5.32 Å². The van der Waals surface area contributed by atoms with Crippen molar-refractivity contribution in [1.82, 2.24) is 14.8 Å². The Morgan fingerprint density at radius 3 is 2.23 bits per heavy atom. The van der Waals surface area contributed by atoms with Gasteiger partial charge in [-0.25, -0.2) is 0 Å². The number of benzene rings is 2. The lowest BCUT2D eigenvalue weighted by molar-refractivity contribution is -0.113. The number of rotatable bonds is 6. The summed E-state index contributed by atoms with van der Waals surface area (Å²) in [6.07, 6.45) is 6.00. The summed E-state index contributed by atoms with van der Waals surface area (Å²) < 4.78 is 2.30. The molecule has 0 spiro atoms. The molecule has 1 saturated carbocycles. The molecule has 6 heteroatoms. The molecule has 0 atom stereocenters. The van der Waals surface area contributed by atoms with Crippen LogP contribution in [0.4, 0.5) is 5.69 Å². The Bertz CT molecular complexity index is 1160. The smallest absolute Gasteiger partial charge is 0.234 e. The minimum absolute atomic E-state index is 0.0145. The summed E-state index contributed by atoms with van der Waals surface area (Å²) in [6, 6.07) is 13.3. The van der Waals surface area contributed by atoms with Crippen molar-refractivity contribution in [3.05, 3.63) is 58.7 Å². The number of aromatic nitrogens is 3. The molecule has 4 rings (SSSR count). The molecule has 0 saturated heterocycles. The van der Waals surface area contributed by atoms with Crippen LogP contribution in [0.25, 0.3) is 11.4 Å². The maximum absolute atomic E-state index is 12.9. The third kappa shape index (κ3) is 5.97. The van der Waals surface area contributed by atoms with Gasteiger partial charge in [-0.3, -0.25) is 9.36 Å². The van der Waals surface area contributed by atoms with E-state index in [-0.39, 0.29) is 11.3 Å². The van der Waals surface area contributed by atoms with E-state index in [9.17, 15) is 4.79 Å². The molecule has 186 valence electrons. The van der Waals surface area contributed by atoms with Gasteiger partial charge in [0.2, 0.25) is 5.91 Å². The number of amides is 1. The van der Waals surface area contributed by atoms with Crippen molar-refractivity contribution >= 4 is 23.4 Å². The first kappa shape index (κ1) is 25.5. The van der Waals surface area contributed by atoms with E-state index in [4.69, 9.17) is 0 Å². The average molecular weight is 491 g/mol. The Balaban J connectivity index is 1.56. The number of aryl methyl sites for hydroxylation is 3. The van der Waals surface area contributed by atoms with Crippen LogP contribution in [0.3, 0.4) is 0 Å². The average Bonchev–Trinajstić information content (AvgIpc) is 3.24. The van der Waals surface area contributed by atoms with E-state index in [2.05, 4.69) is 84.2 Å². The van der Waals surface area contributed by atoms with E-state index >= 15 is 0 Å². The number of anilines is 1. The molecule has 1 amide bonds. The summed E-state index contributed by atoms with van der Waals surface area (Å²) in [5.74, 6) is 1.20.